The van der Waals surface area contributed by atoms with E-state index in [1.807, 2.05) is 0 Å². The van der Waals surface area contributed by atoms with Gasteiger partial charge in [0.15, 0.2) is 0 Å². The lowest BCUT2D eigenvalue weighted by Gasteiger charge is -2.32. The largest absolute Gasteiger partial charge is 0.547 e. The molecule has 1 aliphatic heterocycles. The number of benzene rings is 1. The maximum Gasteiger partial charge on any atom is 0.547 e. The van der Waals surface area contributed by atoms with Crippen molar-refractivity contribution in [3.8, 4) is 5.75 Å². The third-order valence-electron chi connectivity index (χ3n) is 6.23. The van der Waals surface area contributed by atoms with Crippen LogP contribution >= 0.6 is 0 Å². The van der Waals surface area contributed by atoms with E-state index >= 15 is 0 Å². The summed E-state index contributed by atoms with van der Waals surface area (Å²) >= 11 is 0. The third kappa shape index (κ3) is 6.69. The number of carboxylic acid groups (broad SMARTS) is 1. The Balaban J connectivity index is 1.44. The second-order valence-corrected chi connectivity index (χ2v) is 9.88. The van der Waals surface area contributed by atoms with Crippen molar-refractivity contribution in [2.45, 2.75) is 50.5 Å². The normalized spacial score (nSPS) is 23.6. The van der Waals surface area contributed by atoms with Crippen molar-refractivity contribution in [1.82, 2.24) is 10.6 Å². The van der Waals surface area contributed by atoms with Crippen LogP contribution in [0.2, 0.25) is 0 Å². The van der Waals surface area contributed by atoms with Crippen LogP contribution in [-0.4, -0.2) is 79.8 Å². The van der Waals surface area contributed by atoms with Gasteiger partial charge >= 0.3 is 13.1 Å². The van der Waals surface area contributed by atoms with Gasteiger partial charge in [0, 0.05) is 19.0 Å². The lowest BCUT2D eigenvalue weighted by atomic mass is 9.72. The molecule has 1 fully saturated rings. The average Bonchev–Trinajstić information content (AvgIpc) is 2.68. The molecule has 1 amide bonds. The van der Waals surface area contributed by atoms with Gasteiger partial charge in [-0.15, -0.1) is 0 Å². The van der Waals surface area contributed by atoms with Gasteiger partial charge in [0.05, 0.1) is 39.2 Å². The predicted molar refractivity (Wildman–Crippen MR) is 119 cm³/mol. The molecule has 9 heteroatoms. The van der Waals surface area contributed by atoms with Crippen LogP contribution in [0.5, 0.6) is 5.75 Å². The highest BCUT2D eigenvalue weighted by Crippen LogP contribution is 2.31. The van der Waals surface area contributed by atoms with E-state index in [1.165, 1.54) is 6.07 Å². The molecule has 0 saturated heterocycles. The van der Waals surface area contributed by atoms with E-state index in [-0.39, 0.29) is 17.2 Å². The molecule has 1 atom stereocenters. The molecular weight excluding hydrogens is 397 g/mol. The molecule has 1 unspecified atom stereocenters. The molecule has 4 N–H and O–H groups in total. The molecule has 8 nitrogen and oxygen atoms in total. The van der Waals surface area contributed by atoms with Gasteiger partial charge in [0.2, 0.25) is 5.91 Å². The van der Waals surface area contributed by atoms with Crippen LogP contribution in [0.1, 0.15) is 48.0 Å². The van der Waals surface area contributed by atoms with Crippen LogP contribution in [0, 0.1) is 5.92 Å². The summed E-state index contributed by atoms with van der Waals surface area (Å²) in [4.78, 5) is 23.9. The van der Waals surface area contributed by atoms with E-state index < -0.39 is 19.0 Å². The van der Waals surface area contributed by atoms with Crippen LogP contribution in [0.25, 0.3) is 0 Å². The fourth-order valence-electron chi connectivity index (χ4n) is 4.42. The Labute approximate surface area is 184 Å². The Morgan fingerprint density at radius 3 is 2.55 bits per heavy atom. The summed E-state index contributed by atoms with van der Waals surface area (Å²) in [5.41, 5.74) is 0.698. The van der Waals surface area contributed by atoms with Crippen molar-refractivity contribution >= 4 is 19.0 Å². The lowest BCUT2D eigenvalue weighted by Crippen LogP contribution is -2.53. The molecule has 1 saturated carbocycles. The average molecular weight is 432 g/mol. The Morgan fingerprint density at radius 2 is 1.90 bits per heavy atom. The van der Waals surface area contributed by atoms with E-state index in [9.17, 15) is 19.7 Å². The maximum atomic E-state index is 12.6. The summed E-state index contributed by atoms with van der Waals surface area (Å²) in [7, 11) is 5.30. The summed E-state index contributed by atoms with van der Waals surface area (Å²) in [5.74, 6) is -1.24. The summed E-state index contributed by atoms with van der Waals surface area (Å²) < 4.78 is 6.40. The molecule has 1 aromatic rings. The van der Waals surface area contributed by atoms with Crippen LogP contribution in [0.4, 0.5) is 0 Å². The number of aromatic carboxylic acids is 1. The Morgan fingerprint density at radius 1 is 1.19 bits per heavy atom. The van der Waals surface area contributed by atoms with E-state index in [4.69, 9.17) is 4.65 Å². The van der Waals surface area contributed by atoms with Crippen LogP contribution < -0.4 is 15.3 Å². The number of nitrogens with one attached hydrogen (secondary N) is 2. The van der Waals surface area contributed by atoms with Gasteiger partial charge in [-0.05, 0) is 49.7 Å². The zero-order valence-corrected chi connectivity index (χ0v) is 18.8. The van der Waals surface area contributed by atoms with E-state index in [0.29, 0.717) is 30.4 Å². The van der Waals surface area contributed by atoms with Gasteiger partial charge in [-0.25, -0.2) is 4.79 Å². The fourth-order valence-corrected chi connectivity index (χ4v) is 4.42. The number of nitrogens with zero attached hydrogens (tertiary/aromatic N) is 1. The number of quaternary nitrogens is 1. The number of para-hydroxylation sites is 1. The molecular formula is C22H35BN3O5+. The summed E-state index contributed by atoms with van der Waals surface area (Å²) in [6.45, 7) is 2.09. The summed E-state index contributed by atoms with van der Waals surface area (Å²) in [5, 5.41) is 26.1. The number of fused-ring (bicyclic) bond motifs is 1. The first-order valence-electron chi connectivity index (χ1n) is 11.2. The molecule has 1 aliphatic carbocycles. The summed E-state index contributed by atoms with van der Waals surface area (Å²) in [6.07, 6.45) is 4.97. The minimum absolute atomic E-state index is 0.0214. The first kappa shape index (κ1) is 23.6. The molecule has 0 radical (unpaired) electrons. The third-order valence-corrected chi connectivity index (χ3v) is 6.23. The number of amides is 1. The zero-order valence-electron chi connectivity index (χ0n) is 18.8. The predicted octanol–water partition coefficient (Wildman–Crippen LogP) is 1.07. The van der Waals surface area contributed by atoms with Crippen molar-refractivity contribution in [2.24, 2.45) is 5.92 Å². The number of hydrogen-bond acceptors (Lipinski definition) is 5. The standard InChI is InChI=1S/C22H34BN3O5/c1-26(2,3)12-11-24-17-9-7-15(8-10-17)13-20(27)25-19-14-16-5-4-6-18(22(28)29)21(16)31-23(19)30/h4-6,15,17,19,24,30H,7-14H2,1-3H3,(H-,25,27,28,29)/p+1. The van der Waals surface area contributed by atoms with Crippen LogP contribution in [-0.2, 0) is 11.2 Å². The highest BCUT2D eigenvalue weighted by molar-refractivity contribution is 6.47. The number of carbonyl (C=O) groups is 2. The zero-order chi connectivity index (χ0) is 22.6. The molecule has 1 heterocycles. The van der Waals surface area contributed by atoms with Gasteiger partial charge in [-0.1, -0.05) is 12.1 Å². The van der Waals surface area contributed by atoms with E-state index in [0.717, 1.165) is 43.3 Å². The van der Waals surface area contributed by atoms with Crippen molar-refractivity contribution < 1.29 is 28.9 Å². The number of carbonyl (C=O) groups excluding carboxylic acids is 1. The first-order chi connectivity index (χ1) is 14.6. The molecule has 170 valence electrons. The summed E-state index contributed by atoms with van der Waals surface area (Å²) in [6, 6.07) is 5.38. The van der Waals surface area contributed by atoms with Crippen molar-refractivity contribution in [3.05, 3.63) is 29.3 Å². The smallest absolute Gasteiger partial charge is 0.534 e. The number of likely N-dealkylation sites (N-methyl/N-ethyl adjacent to an activating group) is 1. The molecule has 0 spiro atoms. The topological polar surface area (TPSA) is 108 Å². The van der Waals surface area contributed by atoms with Gasteiger partial charge in [0.1, 0.15) is 5.75 Å². The molecule has 0 aromatic heterocycles. The highest BCUT2D eigenvalue weighted by atomic mass is 16.5. The molecule has 2 aliphatic rings. The Bertz CT molecular complexity index is 790. The van der Waals surface area contributed by atoms with Crippen molar-refractivity contribution in [1.29, 1.82) is 0 Å². The molecule has 31 heavy (non-hydrogen) atoms. The first-order valence-corrected chi connectivity index (χ1v) is 11.2. The highest BCUT2D eigenvalue weighted by Gasteiger charge is 2.38. The minimum Gasteiger partial charge on any atom is -0.534 e. The fraction of sp³-hybridized carbons (Fsp3) is 0.636. The van der Waals surface area contributed by atoms with E-state index in [1.54, 1.807) is 12.1 Å². The van der Waals surface area contributed by atoms with Crippen molar-refractivity contribution in [2.75, 3.05) is 34.2 Å². The second-order valence-electron chi connectivity index (χ2n) is 9.88. The number of rotatable bonds is 8. The monoisotopic (exact) mass is 432 g/mol. The quantitative estimate of drug-likeness (QED) is 0.362. The van der Waals surface area contributed by atoms with Crippen molar-refractivity contribution in [3.63, 3.8) is 0 Å². The SMILES string of the molecule is C[N+](C)(C)CCNC1CCC(CC(=O)NC2Cc3cccc(C(=O)O)c3OB2O)CC1. The maximum absolute atomic E-state index is 12.6. The number of hydrogen-bond donors (Lipinski definition) is 4. The Kier molecular flexibility index (Phi) is 7.62. The van der Waals surface area contributed by atoms with Gasteiger partial charge < -0.3 is 29.9 Å². The van der Waals surface area contributed by atoms with Crippen LogP contribution in [0.15, 0.2) is 18.2 Å². The molecule has 1 aromatic carbocycles. The van der Waals surface area contributed by atoms with E-state index in [2.05, 4.69) is 31.8 Å². The van der Waals surface area contributed by atoms with Gasteiger partial charge in [-0.3, -0.25) is 4.79 Å². The lowest BCUT2D eigenvalue weighted by molar-refractivity contribution is -0.869. The molecule has 3 rings (SSSR count). The minimum atomic E-state index is -1.27. The number of carboxylic acids is 1. The second kappa shape index (κ2) is 10.0. The molecule has 0 bridgehead atoms. The van der Waals surface area contributed by atoms with Gasteiger partial charge in [0.25, 0.3) is 0 Å². The van der Waals surface area contributed by atoms with Crippen LogP contribution in [0.3, 0.4) is 0 Å². The van der Waals surface area contributed by atoms with Gasteiger partial charge in [-0.2, -0.15) is 0 Å². The Hall–Kier alpha value is -2.10.